The van der Waals surface area contributed by atoms with Crippen LogP contribution in [0, 0.1) is 0 Å². The van der Waals surface area contributed by atoms with E-state index in [-0.39, 0.29) is 6.09 Å². The quantitative estimate of drug-likeness (QED) is 0.409. The molecule has 3 aromatic carbocycles. The number of ether oxygens (including phenoxy) is 1. The van der Waals surface area contributed by atoms with Crippen LogP contribution in [0.2, 0.25) is 0 Å². The summed E-state index contributed by atoms with van der Waals surface area (Å²) in [5.41, 5.74) is 3.57. The monoisotopic (exact) mass is 444 g/mol. The molecular formula is C27H28N2O2S. The number of nitrogens with zero attached hydrogens (tertiary/aromatic N) is 2. The van der Waals surface area contributed by atoms with E-state index in [0.717, 1.165) is 28.8 Å². The Bertz CT molecular complexity index is 1080. The Morgan fingerprint density at radius 3 is 2.31 bits per heavy atom. The molecule has 2 fully saturated rings. The lowest BCUT2D eigenvalue weighted by atomic mass is 9.91. The summed E-state index contributed by atoms with van der Waals surface area (Å²) in [4.78, 5) is 15.9. The van der Waals surface area contributed by atoms with E-state index in [1.54, 1.807) is 4.90 Å². The van der Waals surface area contributed by atoms with Gasteiger partial charge in [-0.15, -0.1) is 0 Å². The third-order valence-electron chi connectivity index (χ3n) is 6.37. The van der Waals surface area contributed by atoms with Gasteiger partial charge in [-0.2, -0.15) is 0 Å². The molecular weight excluding hydrogens is 416 g/mol. The number of amides is 1. The molecule has 0 aromatic heterocycles. The molecule has 4 nitrogen and oxygen atoms in total. The first-order chi connectivity index (χ1) is 15.6. The molecule has 2 saturated heterocycles. The van der Waals surface area contributed by atoms with Gasteiger partial charge in [0, 0.05) is 36.6 Å². The average Bonchev–Trinajstić information content (AvgIpc) is 3.33. The highest BCUT2D eigenvalue weighted by atomic mass is 32.2. The Morgan fingerprint density at radius 1 is 0.844 bits per heavy atom. The number of carbonyl (C=O) groups excluding carboxylic acids is 1. The predicted molar refractivity (Wildman–Crippen MR) is 131 cm³/mol. The van der Waals surface area contributed by atoms with Crippen molar-refractivity contribution in [1.29, 1.82) is 0 Å². The fourth-order valence-electron chi connectivity index (χ4n) is 4.43. The lowest BCUT2D eigenvalue weighted by Crippen LogP contribution is -2.46. The standard InChI is InChI=1S/C27H28N2O2S/c1-27(23-9-3-2-4-10-23)16-19-29(26(30)31-27)24-11-7-8-22(20-24)21-12-14-25(15-13-21)32-28-17-5-6-18-28/h2-4,7-15,20H,5-6,16-19H2,1H3. The number of cyclic esters (lactones) is 1. The molecule has 0 N–H and O–H groups in total. The van der Waals surface area contributed by atoms with E-state index in [2.05, 4.69) is 40.7 Å². The highest BCUT2D eigenvalue weighted by Gasteiger charge is 2.38. The maximum Gasteiger partial charge on any atom is 0.415 e. The zero-order valence-corrected chi connectivity index (χ0v) is 19.2. The topological polar surface area (TPSA) is 32.8 Å². The third-order valence-corrected chi connectivity index (χ3v) is 7.48. The van der Waals surface area contributed by atoms with Crippen molar-refractivity contribution < 1.29 is 9.53 Å². The number of benzene rings is 3. The van der Waals surface area contributed by atoms with Crippen LogP contribution in [-0.2, 0) is 10.3 Å². The van der Waals surface area contributed by atoms with E-state index in [9.17, 15) is 4.79 Å². The number of hydrogen-bond donors (Lipinski definition) is 0. The van der Waals surface area contributed by atoms with Crippen LogP contribution >= 0.6 is 11.9 Å². The molecule has 0 aliphatic carbocycles. The summed E-state index contributed by atoms with van der Waals surface area (Å²) in [6, 6.07) is 26.9. The third kappa shape index (κ3) is 4.41. The van der Waals surface area contributed by atoms with Gasteiger partial charge in [0.15, 0.2) is 0 Å². The van der Waals surface area contributed by atoms with E-state index >= 15 is 0 Å². The van der Waals surface area contributed by atoms with Crippen molar-refractivity contribution in [3.63, 3.8) is 0 Å². The number of hydrogen-bond acceptors (Lipinski definition) is 4. The van der Waals surface area contributed by atoms with Crippen molar-refractivity contribution >= 4 is 23.7 Å². The van der Waals surface area contributed by atoms with Crippen molar-refractivity contribution in [3.8, 4) is 11.1 Å². The molecule has 2 heterocycles. The molecule has 0 saturated carbocycles. The van der Waals surface area contributed by atoms with Gasteiger partial charge in [-0.3, -0.25) is 4.90 Å². The highest BCUT2D eigenvalue weighted by Crippen LogP contribution is 2.36. The minimum absolute atomic E-state index is 0.294. The van der Waals surface area contributed by atoms with Crippen molar-refractivity contribution in [2.24, 2.45) is 0 Å². The van der Waals surface area contributed by atoms with Crippen LogP contribution in [0.3, 0.4) is 0 Å². The van der Waals surface area contributed by atoms with Gasteiger partial charge in [0.05, 0.1) is 0 Å². The Balaban J connectivity index is 1.30. The molecule has 0 radical (unpaired) electrons. The predicted octanol–water partition coefficient (Wildman–Crippen LogP) is 6.72. The summed E-state index contributed by atoms with van der Waals surface area (Å²) >= 11 is 1.84. The van der Waals surface area contributed by atoms with Gasteiger partial charge in [-0.05, 0) is 72.7 Å². The molecule has 3 aromatic rings. The van der Waals surface area contributed by atoms with Crippen LogP contribution < -0.4 is 4.90 Å². The molecule has 2 aliphatic heterocycles. The van der Waals surface area contributed by atoms with Gasteiger partial charge >= 0.3 is 6.09 Å². The van der Waals surface area contributed by atoms with Crippen LogP contribution in [-0.4, -0.2) is 30.0 Å². The first-order valence-electron chi connectivity index (χ1n) is 11.3. The minimum Gasteiger partial charge on any atom is -0.438 e. The summed E-state index contributed by atoms with van der Waals surface area (Å²) in [5, 5.41) is 0. The Hall–Kier alpha value is -2.76. The van der Waals surface area contributed by atoms with E-state index in [1.807, 2.05) is 61.3 Å². The van der Waals surface area contributed by atoms with Gasteiger partial charge in [0.1, 0.15) is 5.60 Å². The molecule has 0 bridgehead atoms. The zero-order chi connectivity index (χ0) is 22.0. The molecule has 5 heteroatoms. The van der Waals surface area contributed by atoms with Crippen LogP contribution in [0.5, 0.6) is 0 Å². The molecule has 5 rings (SSSR count). The van der Waals surface area contributed by atoms with Gasteiger partial charge < -0.3 is 4.74 Å². The lowest BCUT2D eigenvalue weighted by Gasteiger charge is -2.39. The minimum atomic E-state index is -0.588. The fraction of sp³-hybridized carbons (Fsp3) is 0.296. The first kappa shape index (κ1) is 21.1. The fourth-order valence-corrected chi connectivity index (χ4v) is 5.43. The Morgan fingerprint density at radius 2 is 1.59 bits per heavy atom. The molecule has 1 amide bonds. The Kier molecular flexibility index (Phi) is 5.94. The maximum atomic E-state index is 12.9. The summed E-state index contributed by atoms with van der Waals surface area (Å²) in [5.74, 6) is 0. The second-order valence-corrected chi connectivity index (χ2v) is 9.84. The molecule has 1 atom stereocenters. The molecule has 32 heavy (non-hydrogen) atoms. The number of anilines is 1. The zero-order valence-electron chi connectivity index (χ0n) is 18.4. The number of rotatable bonds is 5. The van der Waals surface area contributed by atoms with Gasteiger partial charge in [-0.25, -0.2) is 9.10 Å². The highest BCUT2D eigenvalue weighted by molar-refractivity contribution is 7.97. The SMILES string of the molecule is CC1(c2ccccc2)CCN(c2cccc(-c3ccc(SN4CCCC4)cc3)c2)C(=O)O1. The van der Waals surface area contributed by atoms with Crippen LogP contribution in [0.15, 0.2) is 83.8 Å². The molecule has 0 spiro atoms. The number of carbonyl (C=O) groups is 1. The smallest absolute Gasteiger partial charge is 0.415 e. The van der Waals surface area contributed by atoms with Crippen molar-refractivity contribution in [2.45, 2.75) is 36.7 Å². The second-order valence-electron chi connectivity index (χ2n) is 8.67. The second kappa shape index (κ2) is 9.00. The van der Waals surface area contributed by atoms with E-state index in [0.29, 0.717) is 6.54 Å². The summed E-state index contributed by atoms with van der Waals surface area (Å²) < 4.78 is 8.36. The van der Waals surface area contributed by atoms with E-state index in [4.69, 9.17) is 4.74 Å². The molecule has 2 aliphatic rings. The summed E-state index contributed by atoms with van der Waals surface area (Å²) in [6.07, 6.45) is 3.04. The van der Waals surface area contributed by atoms with Crippen molar-refractivity contribution in [3.05, 3.63) is 84.4 Å². The van der Waals surface area contributed by atoms with Gasteiger partial charge in [0.2, 0.25) is 0 Å². The van der Waals surface area contributed by atoms with Crippen molar-refractivity contribution in [2.75, 3.05) is 24.5 Å². The van der Waals surface area contributed by atoms with Crippen LogP contribution in [0.1, 0.15) is 31.7 Å². The van der Waals surface area contributed by atoms with Crippen LogP contribution in [0.25, 0.3) is 11.1 Å². The first-order valence-corrected chi connectivity index (χ1v) is 12.1. The Labute approximate surface area is 194 Å². The molecule has 164 valence electrons. The van der Waals surface area contributed by atoms with Crippen LogP contribution in [0.4, 0.5) is 10.5 Å². The summed E-state index contributed by atoms with van der Waals surface area (Å²) in [7, 11) is 0. The lowest BCUT2D eigenvalue weighted by molar-refractivity contribution is 0.00583. The summed E-state index contributed by atoms with van der Waals surface area (Å²) in [6.45, 7) is 4.96. The van der Waals surface area contributed by atoms with Crippen molar-refractivity contribution in [1.82, 2.24) is 4.31 Å². The van der Waals surface area contributed by atoms with Gasteiger partial charge in [-0.1, -0.05) is 54.6 Å². The largest absolute Gasteiger partial charge is 0.438 e. The van der Waals surface area contributed by atoms with E-state index < -0.39 is 5.60 Å². The molecule has 1 unspecified atom stereocenters. The van der Waals surface area contributed by atoms with E-state index in [1.165, 1.54) is 30.8 Å². The average molecular weight is 445 g/mol. The maximum absolute atomic E-state index is 12.9. The van der Waals surface area contributed by atoms with Gasteiger partial charge in [0.25, 0.3) is 0 Å². The normalized spacial score (nSPS) is 21.5.